The molecule has 17 heavy (non-hydrogen) atoms. The van der Waals surface area contributed by atoms with Gasteiger partial charge < -0.3 is 10.3 Å². The van der Waals surface area contributed by atoms with E-state index >= 15 is 0 Å². The number of halogens is 4. The third-order valence-electron chi connectivity index (χ3n) is 1.90. The fourth-order valence-corrected chi connectivity index (χ4v) is 1.43. The molecule has 0 fully saturated rings. The molecule has 0 saturated heterocycles. The molecule has 4 nitrogen and oxygen atoms in total. The number of nitrogens with zero attached hydrogens (tertiary/aromatic N) is 2. The van der Waals surface area contributed by atoms with Gasteiger partial charge in [0.2, 0.25) is 5.82 Å². The minimum absolute atomic E-state index is 0.152. The molecule has 2 N–H and O–H groups in total. The molecule has 2 aromatic rings. The SMILES string of the molecule is Nc1ccc(-c2noc(C(F)(F)F)n2)c(Cl)c1. The Kier molecular flexibility index (Phi) is 2.70. The summed E-state index contributed by atoms with van der Waals surface area (Å²) in [5.74, 6) is -1.65. The van der Waals surface area contributed by atoms with E-state index in [1.807, 2.05) is 0 Å². The number of nitrogen functional groups attached to an aromatic ring is 1. The molecule has 0 bridgehead atoms. The van der Waals surface area contributed by atoms with Crippen LogP contribution in [0.2, 0.25) is 5.02 Å². The molecule has 90 valence electrons. The van der Waals surface area contributed by atoms with Crippen molar-refractivity contribution in [3.8, 4) is 11.4 Å². The monoisotopic (exact) mass is 263 g/mol. The minimum atomic E-state index is -4.68. The summed E-state index contributed by atoms with van der Waals surface area (Å²) in [5, 5.41) is 3.36. The molecule has 0 spiro atoms. The highest BCUT2D eigenvalue weighted by molar-refractivity contribution is 6.33. The van der Waals surface area contributed by atoms with Crippen LogP contribution in [0, 0.1) is 0 Å². The molecule has 1 heterocycles. The molecule has 0 saturated carbocycles. The summed E-state index contributed by atoms with van der Waals surface area (Å²) in [5.41, 5.74) is 6.06. The van der Waals surface area contributed by atoms with Crippen LogP contribution in [0.25, 0.3) is 11.4 Å². The number of hydrogen-bond acceptors (Lipinski definition) is 4. The zero-order valence-electron chi connectivity index (χ0n) is 8.12. The summed E-state index contributed by atoms with van der Waals surface area (Å²) in [6.45, 7) is 0. The number of hydrogen-bond donors (Lipinski definition) is 1. The Bertz CT molecular complexity index is 553. The van der Waals surface area contributed by atoms with E-state index in [2.05, 4.69) is 14.7 Å². The lowest BCUT2D eigenvalue weighted by atomic mass is 10.2. The van der Waals surface area contributed by atoms with E-state index in [1.165, 1.54) is 18.2 Å². The number of alkyl halides is 3. The predicted octanol–water partition coefficient (Wildman–Crippen LogP) is 2.99. The first kappa shape index (κ1) is 11.7. The molecule has 0 radical (unpaired) electrons. The standard InChI is InChI=1S/C9H5ClF3N3O/c10-6-3-4(14)1-2-5(6)7-15-8(17-16-7)9(11,12)13/h1-3H,14H2. The second kappa shape index (κ2) is 3.92. The third kappa shape index (κ3) is 2.33. The van der Waals surface area contributed by atoms with E-state index in [4.69, 9.17) is 17.3 Å². The van der Waals surface area contributed by atoms with Gasteiger partial charge in [0.1, 0.15) is 0 Å². The Balaban J connectivity index is 2.44. The van der Waals surface area contributed by atoms with Crippen molar-refractivity contribution in [2.24, 2.45) is 0 Å². The van der Waals surface area contributed by atoms with Crippen LogP contribution in [0.1, 0.15) is 5.89 Å². The topological polar surface area (TPSA) is 64.9 Å². The van der Waals surface area contributed by atoms with E-state index < -0.39 is 12.1 Å². The van der Waals surface area contributed by atoms with Crippen molar-refractivity contribution in [1.82, 2.24) is 10.1 Å². The van der Waals surface area contributed by atoms with Crippen molar-refractivity contribution in [2.45, 2.75) is 6.18 Å². The molecule has 0 aliphatic rings. The van der Waals surface area contributed by atoms with Crippen LogP contribution in [-0.4, -0.2) is 10.1 Å². The van der Waals surface area contributed by atoms with Crippen LogP contribution in [0.5, 0.6) is 0 Å². The van der Waals surface area contributed by atoms with E-state index in [1.54, 1.807) is 0 Å². The predicted molar refractivity (Wildman–Crippen MR) is 54.2 cm³/mol. The second-order valence-corrected chi connectivity index (χ2v) is 3.57. The van der Waals surface area contributed by atoms with E-state index in [0.717, 1.165) is 0 Å². The van der Waals surface area contributed by atoms with Crippen molar-refractivity contribution in [2.75, 3.05) is 5.73 Å². The fraction of sp³-hybridized carbons (Fsp3) is 0.111. The first-order chi connectivity index (χ1) is 7.88. The number of anilines is 1. The van der Waals surface area contributed by atoms with Crippen LogP contribution < -0.4 is 5.73 Å². The molecule has 0 amide bonds. The van der Waals surface area contributed by atoms with E-state index in [-0.39, 0.29) is 16.4 Å². The molecule has 2 rings (SSSR count). The quantitative estimate of drug-likeness (QED) is 0.803. The molecule has 1 aromatic carbocycles. The Labute approximate surface area is 98.2 Å². The molecule has 8 heteroatoms. The zero-order valence-corrected chi connectivity index (χ0v) is 8.88. The lowest BCUT2D eigenvalue weighted by molar-refractivity contribution is -0.159. The molecule has 0 aliphatic heterocycles. The maximum Gasteiger partial charge on any atom is 0.471 e. The number of aromatic nitrogens is 2. The second-order valence-electron chi connectivity index (χ2n) is 3.16. The first-order valence-electron chi connectivity index (χ1n) is 4.34. The normalized spacial score (nSPS) is 11.8. The van der Waals surface area contributed by atoms with Crippen molar-refractivity contribution >= 4 is 17.3 Å². The van der Waals surface area contributed by atoms with Crippen LogP contribution in [-0.2, 0) is 6.18 Å². The van der Waals surface area contributed by atoms with Crippen LogP contribution in [0.3, 0.4) is 0 Å². The Hall–Kier alpha value is -1.76. The van der Waals surface area contributed by atoms with Crippen LogP contribution in [0.4, 0.5) is 18.9 Å². The van der Waals surface area contributed by atoms with Gasteiger partial charge in [-0.25, -0.2) is 0 Å². The summed E-state index contributed by atoms with van der Waals surface area (Å²) in [6.07, 6.45) is -4.68. The summed E-state index contributed by atoms with van der Waals surface area (Å²) in [4.78, 5) is 3.21. The van der Waals surface area contributed by atoms with Gasteiger partial charge in [-0.05, 0) is 18.2 Å². The molecule has 1 aromatic heterocycles. The Morgan fingerprint density at radius 2 is 2.00 bits per heavy atom. The molecular weight excluding hydrogens is 259 g/mol. The maximum absolute atomic E-state index is 12.2. The lowest BCUT2D eigenvalue weighted by Crippen LogP contribution is -2.04. The third-order valence-corrected chi connectivity index (χ3v) is 2.22. The molecular formula is C9H5ClF3N3O. The molecule has 0 atom stereocenters. The van der Waals surface area contributed by atoms with Gasteiger partial charge in [-0.1, -0.05) is 16.8 Å². The first-order valence-corrected chi connectivity index (χ1v) is 4.72. The van der Waals surface area contributed by atoms with E-state index in [9.17, 15) is 13.2 Å². The van der Waals surface area contributed by atoms with Gasteiger partial charge >= 0.3 is 12.1 Å². The summed E-state index contributed by atoms with van der Waals surface area (Å²) >= 11 is 5.80. The largest absolute Gasteiger partial charge is 0.471 e. The fourth-order valence-electron chi connectivity index (χ4n) is 1.16. The number of nitrogens with two attached hydrogens (primary N) is 1. The van der Waals surface area contributed by atoms with Crippen molar-refractivity contribution in [3.63, 3.8) is 0 Å². The summed E-state index contributed by atoms with van der Waals surface area (Å²) in [6, 6.07) is 4.29. The van der Waals surface area contributed by atoms with Crippen molar-refractivity contribution in [1.29, 1.82) is 0 Å². The van der Waals surface area contributed by atoms with Crippen molar-refractivity contribution in [3.05, 3.63) is 29.1 Å². The van der Waals surface area contributed by atoms with Gasteiger partial charge in [0.25, 0.3) is 0 Å². The Morgan fingerprint density at radius 1 is 1.29 bits per heavy atom. The summed E-state index contributed by atoms with van der Waals surface area (Å²) < 4.78 is 40.8. The van der Waals surface area contributed by atoms with E-state index in [0.29, 0.717) is 5.69 Å². The minimum Gasteiger partial charge on any atom is -0.399 e. The smallest absolute Gasteiger partial charge is 0.399 e. The zero-order chi connectivity index (χ0) is 12.6. The highest BCUT2D eigenvalue weighted by Crippen LogP contribution is 2.32. The number of rotatable bonds is 1. The Morgan fingerprint density at radius 3 is 2.53 bits per heavy atom. The van der Waals surface area contributed by atoms with Gasteiger partial charge in [-0.15, -0.1) is 0 Å². The maximum atomic E-state index is 12.2. The van der Waals surface area contributed by atoms with Crippen LogP contribution >= 0.6 is 11.6 Å². The average Bonchev–Trinajstić information content (AvgIpc) is 2.65. The van der Waals surface area contributed by atoms with Gasteiger partial charge in [0.05, 0.1) is 5.02 Å². The molecule has 0 aliphatic carbocycles. The van der Waals surface area contributed by atoms with Crippen molar-refractivity contribution < 1.29 is 17.7 Å². The highest BCUT2D eigenvalue weighted by Gasteiger charge is 2.38. The van der Waals surface area contributed by atoms with Gasteiger partial charge in [0.15, 0.2) is 0 Å². The molecule has 0 unspecified atom stereocenters. The average molecular weight is 264 g/mol. The van der Waals surface area contributed by atoms with Gasteiger partial charge in [0, 0.05) is 11.3 Å². The lowest BCUT2D eigenvalue weighted by Gasteiger charge is -1.99. The highest BCUT2D eigenvalue weighted by atomic mass is 35.5. The number of benzene rings is 1. The van der Waals surface area contributed by atoms with Crippen LogP contribution in [0.15, 0.2) is 22.7 Å². The summed E-state index contributed by atoms with van der Waals surface area (Å²) in [7, 11) is 0. The van der Waals surface area contributed by atoms with Gasteiger partial charge in [-0.3, -0.25) is 0 Å². The van der Waals surface area contributed by atoms with Gasteiger partial charge in [-0.2, -0.15) is 18.2 Å².